The highest BCUT2D eigenvalue weighted by Crippen LogP contribution is 2.43. The Hall–Kier alpha value is -6.52. The molecule has 2 N–H and O–H groups in total. The number of methoxy groups -OCH3 is 1. The van der Waals surface area contributed by atoms with E-state index in [1.165, 1.54) is 0 Å². The summed E-state index contributed by atoms with van der Waals surface area (Å²) in [7, 11) is 1.69. The first kappa shape index (κ1) is 50.4. The summed E-state index contributed by atoms with van der Waals surface area (Å²) in [6.45, 7) is 17.4. The number of benzene rings is 5. The number of pyridine rings is 1. The van der Waals surface area contributed by atoms with Crippen LogP contribution in [0.5, 0.6) is 28.7 Å². The van der Waals surface area contributed by atoms with E-state index >= 15 is 0 Å². The fraction of sp³-hybridized carbons (Fsp3) is 0.419. The zero-order chi connectivity index (χ0) is 50.0. The van der Waals surface area contributed by atoms with Crippen LogP contribution in [0.2, 0.25) is 0 Å². The molecular formula is C62H74N4O6. The molecule has 0 radical (unpaired) electrons. The molecule has 1 unspecified atom stereocenters. The van der Waals surface area contributed by atoms with E-state index in [0.717, 1.165) is 147 Å². The maximum atomic E-state index is 14.6. The minimum atomic E-state index is -0.294. The quantitative estimate of drug-likeness (QED) is 0.0773. The van der Waals surface area contributed by atoms with E-state index in [9.17, 15) is 4.79 Å². The second-order valence-corrected chi connectivity index (χ2v) is 19.9. The lowest BCUT2D eigenvalue weighted by atomic mass is 9.73. The third-order valence-electron chi connectivity index (χ3n) is 14.8. The smallest absolute Gasteiger partial charge is 0.315 e. The van der Waals surface area contributed by atoms with Crippen molar-refractivity contribution in [2.75, 3.05) is 46.6 Å². The zero-order valence-corrected chi connectivity index (χ0v) is 43.2. The summed E-state index contributed by atoms with van der Waals surface area (Å²) in [6.07, 6.45) is 12.1. The molecule has 3 aliphatic heterocycles. The SMILES string of the molecule is C=C[C@H]1CN2CC[C@H]1C[C@H]2[C@H](NC(=O)NCc1cc2c(OCCC)c(c1)Cc1cccc(c1OCCC)Cc1cccc(c1OCCC)Cc1cccc(c1OCCC)C2)c1ccnc2ccc(OC)cc12. The molecular weight excluding hydrogens is 897 g/mol. The lowest BCUT2D eigenvalue weighted by Gasteiger charge is -2.51. The highest BCUT2D eigenvalue weighted by atomic mass is 16.5. The van der Waals surface area contributed by atoms with Crippen molar-refractivity contribution in [3.05, 3.63) is 165 Å². The number of carbonyl (C=O) groups is 1. The van der Waals surface area contributed by atoms with Gasteiger partial charge in [0, 0.05) is 56.4 Å². The molecule has 0 spiro atoms. The molecule has 1 aromatic heterocycles. The first-order valence-electron chi connectivity index (χ1n) is 26.6. The van der Waals surface area contributed by atoms with Crippen molar-refractivity contribution in [1.82, 2.24) is 20.5 Å². The summed E-state index contributed by atoms with van der Waals surface area (Å²) in [6, 6.07) is 31.7. The molecule has 4 heterocycles. The van der Waals surface area contributed by atoms with Gasteiger partial charge in [0.15, 0.2) is 0 Å². The molecule has 1 aliphatic carbocycles. The highest BCUT2D eigenvalue weighted by molar-refractivity contribution is 5.85. The van der Waals surface area contributed by atoms with E-state index in [2.05, 4.69) is 129 Å². The third kappa shape index (κ3) is 11.2. The first-order valence-corrected chi connectivity index (χ1v) is 26.6. The molecule has 72 heavy (non-hydrogen) atoms. The Kier molecular flexibility index (Phi) is 16.7. The van der Waals surface area contributed by atoms with E-state index in [1.807, 2.05) is 24.4 Å². The molecule has 378 valence electrons. The van der Waals surface area contributed by atoms with E-state index < -0.39 is 0 Å². The zero-order valence-electron chi connectivity index (χ0n) is 43.2. The molecule has 10 nitrogen and oxygen atoms in total. The summed E-state index contributed by atoms with van der Waals surface area (Å²) in [5, 5.41) is 7.84. The van der Waals surface area contributed by atoms with Crippen molar-refractivity contribution in [1.29, 1.82) is 0 Å². The number of hydrogen-bond acceptors (Lipinski definition) is 8. The fourth-order valence-electron chi connectivity index (χ4n) is 11.3. The summed E-state index contributed by atoms with van der Waals surface area (Å²) in [5.41, 5.74) is 11.6. The van der Waals surface area contributed by atoms with Gasteiger partial charge in [0.2, 0.25) is 0 Å². The number of carbonyl (C=O) groups excluding carboxylic acids is 1. The van der Waals surface area contributed by atoms with Gasteiger partial charge in [-0.25, -0.2) is 4.79 Å². The molecule has 5 atom stereocenters. The lowest BCUT2D eigenvalue weighted by Crippen LogP contribution is -2.58. The second-order valence-electron chi connectivity index (χ2n) is 19.9. The van der Waals surface area contributed by atoms with Gasteiger partial charge in [0.1, 0.15) is 28.7 Å². The number of urea groups is 1. The molecule has 6 aromatic rings. The minimum Gasteiger partial charge on any atom is -0.497 e. The summed E-state index contributed by atoms with van der Waals surface area (Å²) < 4.78 is 32.7. The summed E-state index contributed by atoms with van der Waals surface area (Å²) in [4.78, 5) is 21.9. The number of piperidine rings is 3. The van der Waals surface area contributed by atoms with Crippen LogP contribution in [0.25, 0.3) is 10.9 Å². The second kappa shape index (κ2) is 23.8. The Bertz CT molecular complexity index is 2740. The van der Waals surface area contributed by atoms with Gasteiger partial charge in [-0.15, -0.1) is 6.58 Å². The molecule has 5 aromatic carbocycles. The van der Waals surface area contributed by atoms with Crippen LogP contribution in [0.3, 0.4) is 0 Å². The van der Waals surface area contributed by atoms with Gasteiger partial charge < -0.3 is 34.3 Å². The maximum Gasteiger partial charge on any atom is 0.315 e. The van der Waals surface area contributed by atoms with Gasteiger partial charge in [0.25, 0.3) is 0 Å². The predicted molar refractivity (Wildman–Crippen MR) is 288 cm³/mol. The van der Waals surface area contributed by atoms with Crippen LogP contribution >= 0.6 is 0 Å². The van der Waals surface area contributed by atoms with Crippen LogP contribution in [0.4, 0.5) is 4.79 Å². The Balaban J connectivity index is 1.12. The minimum absolute atomic E-state index is 0.106. The first-order chi connectivity index (χ1) is 35.3. The number of hydrogen-bond donors (Lipinski definition) is 2. The Labute approximate surface area is 427 Å². The van der Waals surface area contributed by atoms with Gasteiger partial charge in [-0.3, -0.25) is 9.88 Å². The predicted octanol–water partition coefficient (Wildman–Crippen LogP) is 12.5. The number of para-hydroxylation sites is 3. The highest BCUT2D eigenvalue weighted by Gasteiger charge is 2.43. The van der Waals surface area contributed by atoms with Crippen LogP contribution in [0.1, 0.15) is 128 Å². The maximum absolute atomic E-state index is 14.6. The van der Waals surface area contributed by atoms with Crippen LogP contribution in [-0.4, -0.2) is 68.6 Å². The van der Waals surface area contributed by atoms with E-state index in [1.54, 1.807) is 7.11 Å². The van der Waals surface area contributed by atoms with Crippen molar-refractivity contribution >= 4 is 16.9 Å². The van der Waals surface area contributed by atoms with Gasteiger partial charge >= 0.3 is 6.03 Å². The molecule has 0 saturated carbocycles. The van der Waals surface area contributed by atoms with E-state index in [0.29, 0.717) is 70.5 Å². The van der Waals surface area contributed by atoms with Crippen LogP contribution in [0.15, 0.2) is 110 Å². The van der Waals surface area contributed by atoms with E-state index in [-0.39, 0.29) is 18.1 Å². The molecule has 3 saturated heterocycles. The molecule has 4 aliphatic rings. The summed E-state index contributed by atoms with van der Waals surface area (Å²) >= 11 is 0. The van der Waals surface area contributed by atoms with Gasteiger partial charge in [0.05, 0.1) is 45.1 Å². The van der Waals surface area contributed by atoms with Gasteiger partial charge in [-0.1, -0.05) is 88.4 Å². The van der Waals surface area contributed by atoms with Crippen LogP contribution < -0.4 is 34.3 Å². The Morgan fingerprint density at radius 2 is 1.19 bits per heavy atom. The van der Waals surface area contributed by atoms with Crippen molar-refractivity contribution in [2.24, 2.45) is 11.8 Å². The van der Waals surface area contributed by atoms with Crippen molar-refractivity contribution in [3.63, 3.8) is 0 Å². The molecule has 2 amide bonds. The standard InChI is InChI=1S/C62H74N4O6/c1-7-27-69-58-44-15-12-16-45(58)34-47-18-14-20-49(60(47)71-29-9-3)36-51-32-41(31-50(61(51)72-30-10-4)35-48-19-13-17-46(33-44)59(48)70-28-8-2)39-64-62(67)65-57(56-37-43-24-26-66(56)40-42(43)11-5)53-23-25-63-55-22-21-52(68-6)38-54(53)55/h11-23,25,31-32,38,42-43,56-57H,5,7-10,24,26-30,33-37,39-40H2,1-4,6H3,(H2,64,65,67)/t42-,43-,56-,57+/m0/s1. The number of amides is 2. The number of rotatable bonds is 19. The van der Waals surface area contributed by atoms with E-state index in [4.69, 9.17) is 28.7 Å². The molecule has 10 rings (SSSR count). The average molecular weight is 971 g/mol. The summed E-state index contributed by atoms with van der Waals surface area (Å²) in [5.74, 6) is 5.34. The molecule has 10 heteroatoms. The Morgan fingerprint density at radius 3 is 1.65 bits per heavy atom. The van der Waals surface area contributed by atoms with Crippen LogP contribution in [-0.2, 0) is 32.2 Å². The lowest BCUT2D eigenvalue weighted by molar-refractivity contribution is 0.00312. The number of nitrogens with one attached hydrogen (secondary N) is 2. The Morgan fingerprint density at radius 1 is 0.694 bits per heavy atom. The molecule has 3 fully saturated rings. The average Bonchev–Trinajstić information content (AvgIpc) is 3.40. The van der Waals surface area contributed by atoms with Gasteiger partial charge in [-0.2, -0.15) is 0 Å². The third-order valence-corrected chi connectivity index (χ3v) is 14.8. The monoisotopic (exact) mass is 971 g/mol. The van der Waals surface area contributed by atoms with Gasteiger partial charge in [-0.05, 0) is 149 Å². The number of aromatic nitrogens is 1. The van der Waals surface area contributed by atoms with Crippen molar-refractivity contribution < 1.29 is 28.5 Å². The topological polar surface area (TPSA) is 103 Å². The normalized spacial score (nSPS) is 18.5. The number of nitrogens with zero attached hydrogens (tertiary/aromatic N) is 2. The number of ether oxygens (including phenoxy) is 5. The molecule has 10 bridgehead atoms. The largest absolute Gasteiger partial charge is 0.497 e. The van der Waals surface area contributed by atoms with Crippen molar-refractivity contribution in [2.45, 2.75) is 111 Å². The van der Waals surface area contributed by atoms with Crippen molar-refractivity contribution in [3.8, 4) is 28.7 Å². The fourth-order valence-corrected chi connectivity index (χ4v) is 11.3. The van der Waals surface area contributed by atoms with Crippen LogP contribution in [0, 0.1) is 11.8 Å². The number of fused-ring (bicyclic) bond motifs is 12.